The van der Waals surface area contributed by atoms with Crippen molar-refractivity contribution < 1.29 is 33.0 Å². The van der Waals surface area contributed by atoms with E-state index in [4.69, 9.17) is 21.1 Å². The summed E-state index contributed by atoms with van der Waals surface area (Å²) < 4.78 is 25.5. The summed E-state index contributed by atoms with van der Waals surface area (Å²) in [5.74, 6) is -3.31. The van der Waals surface area contributed by atoms with Gasteiger partial charge in [0.1, 0.15) is 17.8 Å². The molecule has 4 rings (SSSR count). The molecule has 0 saturated carbocycles. The fraction of sp³-hybridized carbons (Fsp3) is 0.407. The van der Waals surface area contributed by atoms with E-state index in [-0.39, 0.29) is 37.1 Å². The number of hydrogen-bond donors (Lipinski definition) is 2. The molecule has 0 bridgehead atoms. The first-order valence-corrected chi connectivity index (χ1v) is 13.0. The van der Waals surface area contributed by atoms with E-state index in [0.29, 0.717) is 30.1 Å². The lowest BCUT2D eigenvalue weighted by atomic mass is 9.96. The highest BCUT2D eigenvalue weighted by molar-refractivity contribution is 6.30. The lowest BCUT2D eigenvalue weighted by Crippen LogP contribution is -2.45. The van der Waals surface area contributed by atoms with Crippen LogP contribution in [0.1, 0.15) is 26.2 Å². The third-order valence-electron chi connectivity index (χ3n) is 6.79. The van der Waals surface area contributed by atoms with Crippen molar-refractivity contribution in [2.24, 2.45) is 5.92 Å². The zero-order valence-corrected chi connectivity index (χ0v) is 22.4. The molecular formula is C27H30ClFN4O6. The molecule has 10 nitrogen and oxygen atoms in total. The van der Waals surface area contributed by atoms with Crippen molar-refractivity contribution in [3.8, 4) is 0 Å². The largest absolute Gasteiger partial charge is 0.465 e. The number of halogens is 2. The van der Waals surface area contributed by atoms with Gasteiger partial charge in [0, 0.05) is 43.0 Å². The molecule has 4 amide bonds. The Bertz CT molecular complexity index is 1240. The van der Waals surface area contributed by atoms with E-state index in [1.165, 1.54) is 29.0 Å². The molecule has 0 spiro atoms. The number of piperidine rings is 1. The Labute approximate surface area is 230 Å². The van der Waals surface area contributed by atoms with Gasteiger partial charge in [0.15, 0.2) is 0 Å². The van der Waals surface area contributed by atoms with Crippen LogP contribution in [0.2, 0.25) is 5.02 Å². The first kappa shape index (κ1) is 28.3. The molecule has 2 aromatic rings. The van der Waals surface area contributed by atoms with Crippen LogP contribution in [-0.4, -0.2) is 67.7 Å². The lowest BCUT2D eigenvalue weighted by Gasteiger charge is -2.31. The van der Waals surface area contributed by atoms with Gasteiger partial charge in [-0.05, 0) is 62.2 Å². The Hall–Kier alpha value is -3.70. The molecule has 2 aromatic carbocycles. The number of methoxy groups -OCH3 is 1. The smallest absolute Gasteiger partial charge is 0.322 e. The van der Waals surface area contributed by atoms with Crippen molar-refractivity contribution in [2.75, 3.05) is 42.3 Å². The van der Waals surface area contributed by atoms with Crippen molar-refractivity contribution in [3.63, 3.8) is 0 Å². The summed E-state index contributed by atoms with van der Waals surface area (Å²) in [6, 6.07) is 9.11. The summed E-state index contributed by atoms with van der Waals surface area (Å²) in [4.78, 5) is 53.8. The minimum absolute atomic E-state index is 0.103. The van der Waals surface area contributed by atoms with Crippen LogP contribution in [0.15, 0.2) is 42.5 Å². The summed E-state index contributed by atoms with van der Waals surface area (Å²) in [7, 11) is 1.49. The highest BCUT2D eigenvalue weighted by Crippen LogP contribution is 2.29. The van der Waals surface area contributed by atoms with E-state index in [2.05, 4.69) is 10.6 Å². The third-order valence-corrected chi connectivity index (χ3v) is 7.04. The van der Waals surface area contributed by atoms with E-state index in [1.54, 1.807) is 31.2 Å². The molecule has 2 aliphatic heterocycles. The van der Waals surface area contributed by atoms with Crippen molar-refractivity contribution >= 4 is 52.5 Å². The Kier molecular flexibility index (Phi) is 9.03. The maximum Gasteiger partial charge on any atom is 0.322 e. The number of carbonyl (C=O) groups is 4. The molecule has 2 saturated heterocycles. The van der Waals surface area contributed by atoms with Gasteiger partial charge in [0.2, 0.25) is 11.8 Å². The van der Waals surface area contributed by atoms with E-state index in [1.807, 2.05) is 0 Å². The molecule has 2 heterocycles. The number of hydrogen-bond acceptors (Lipinski definition) is 6. The van der Waals surface area contributed by atoms with Gasteiger partial charge in [0.25, 0.3) is 0 Å². The quantitative estimate of drug-likeness (QED) is 0.390. The van der Waals surface area contributed by atoms with Gasteiger partial charge in [-0.25, -0.2) is 9.18 Å². The molecule has 208 valence electrons. The first-order chi connectivity index (χ1) is 18.7. The zero-order valence-electron chi connectivity index (χ0n) is 21.6. The number of amides is 4. The monoisotopic (exact) mass is 560 g/mol. The van der Waals surface area contributed by atoms with Crippen LogP contribution in [0, 0.1) is 11.7 Å². The first-order valence-electron chi connectivity index (χ1n) is 12.7. The van der Waals surface area contributed by atoms with Crippen molar-refractivity contribution in [3.05, 3.63) is 53.3 Å². The average molecular weight is 561 g/mol. The maximum absolute atomic E-state index is 15.1. The van der Waals surface area contributed by atoms with E-state index in [9.17, 15) is 19.2 Å². The Morgan fingerprint density at radius 2 is 1.87 bits per heavy atom. The molecular weight excluding hydrogens is 531 g/mol. The minimum Gasteiger partial charge on any atom is -0.465 e. The molecule has 0 aliphatic carbocycles. The summed E-state index contributed by atoms with van der Waals surface area (Å²) in [5, 5.41) is 5.80. The highest BCUT2D eigenvalue weighted by atomic mass is 35.5. The van der Waals surface area contributed by atoms with Crippen LogP contribution in [0.3, 0.4) is 0 Å². The second-order valence-corrected chi connectivity index (χ2v) is 9.73. The van der Waals surface area contributed by atoms with Crippen LogP contribution in [0.5, 0.6) is 0 Å². The third kappa shape index (κ3) is 6.48. The Morgan fingerprint density at radius 3 is 2.54 bits per heavy atom. The normalized spacial score (nSPS) is 21.0. The van der Waals surface area contributed by atoms with Gasteiger partial charge in [0.05, 0.1) is 18.4 Å². The number of carbonyl (C=O) groups excluding carboxylic acids is 4. The van der Waals surface area contributed by atoms with Gasteiger partial charge in [-0.3, -0.25) is 14.4 Å². The summed E-state index contributed by atoms with van der Waals surface area (Å²) >= 11 is 5.90. The summed E-state index contributed by atoms with van der Waals surface area (Å²) in [5.41, 5.74) is 0.673. The number of nitrogens with zero attached hydrogens (tertiary/aromatic N) is 2. The second-order valence-electron chi connectivity index (χ2n) is 9.29. The van der Waals surface area contributed by atoms with Crippen molar-refractivity contribution in [1.29, 1.82) is 0 Å². The van der Waals surface area contributed by atoms with Gasteiger partial charge in [-0.2, -0.15) is 0 Å². The number of likely N-dealkylation sites (tertiary alicyclic amines) is 1. The summed E-state index contributed by atoms with van der Waals surface area (Å²) in [6.07, 6.45) is 0.789. The average Bonchev–Trinajstić information content (AvgIpc) is 3.36. The van der Waals surface area contributed by atoms with Crippen LogP contribution in [0.4, 0.5) is 26.2 Å². The molecule has 2 N–H and O–H groups in total. The highest BCUT2D eigenvalue weighted by Gasteiger charge is 2.40. The maximum atomic E-state index is 15.1. The zero-order chi connectivity index (χ0) is 28.1. The molecule has 12 heteroatoms. The fourth-order valence-corrected chi connectivity index (χ4v) is 4.88. The number of esters is 1. The topological polar surface area (TPSA) is 117 Å². The van der Waals surface area contributed by atoms with Crippen molar-refractivity contribution in [2.45, 2.75) is 38.3 Å². The number of rotatable bonds is 7. The number of benzene rings is 2. The molecule has 2 fully saturated rings. The van der Waals surface area contributed by atoms with Crippen molar-refractivity contribution in [1.82, 2.24) is 4.90 Å². The van der Waals surface area contributed by atoms with E-state index in [0.717, 1.165) is 6.07 Å². The van der Waals surface area contributed by atoms with Gasteiger partial charge < -0.3 is 29.9 Å². The lowest BCUT2D eigenvalue weighted by molar-refractivity contribution is -0.152. The Balaban J connectivity index is 1.45. The van der Waals surface area contributed by atoms with Gasteiger partial charge in [-0.1, -0.05) is 11.6 Å². The predicted molar refractivity (Wildman–Crippen MR) is 143 cm³/mol. The minimum atomic E-state index is -0.928. The molecule has 3 atom stereocenters. The fourth-order valence-electron chi connectivity index (χ4n) is 4.75. The van der Waals surface area contributed by atoms with Crippen LogP contribution >= 0.6 is 11.6 Å². The number of anilines is 3. The number of urea groups is 1. The number of ether oxygens (including phenoxy) is 2. The molecule has 0 radical (unpaired) electrons. The van der Waals surface area contributed by atoms with Crippen LogP contribution in [-0.2, 0) is 23.9 Å². The number of nitrogens with one attached hydrogen (secondary N) is 2. The Morgan fingerprint density at radius 1 is 1.13 bits per heavy atom. The van der Waals surface area contributed by atoms with E-state index >= 15 is 4.39 Å². The standard InChI is InChI=1S/C27H30ClFN4O6/c1-3-39-26(36)20-5-4-12-32(25(20)35)18-10-11-22(21(29)13-18)31-24(34)23-14-19(38-2)15-33(23)27(37)30-17-8-6-16(28)7-9-17/h6-11,13,19-20,23H,3-5,12,14-15H2,1-2H3,(H,30,37)(H,31,34)/t19-,20?,23-/m1/s1. The van der Waals surface area contributed by atoms with Gasteiger partial charge in [-0.15, -0.1) is 0 Å². The molecule has 0 aromatic heterocycles. The van der Waals surface area contributed by atoms with E-state index < -0.39 is 41.6 Å². The summed E-state index contributed by atoms with van der Waals surface area (Å²) in [6.45, 7) is 2.34. The molecule has 2 aliphatic rings. The van der Waals surface area contributed by atoms with Crippen LogP contribution in [0.25, 0.3) is 0 Å². The SMILES string of the molecule is CCOC(=O)C1CCCN(c2ccc(NC(=O)[C@H]3C[C@@H](OC)CN3C(=O)Nc3ccc(Cl)cc3)c(F)c2)C1=O. The molecule has 1 unspecified atom stereocenters. The van der Waals surface area contributed by atoms with Crippen LogP contribution < -0.4 is 15.5 Å². The van der Waals surface area contributed by atoms with Gasteiger partial charge >= 0.3 is 12.0 Å². The second kappa shape index (κ2) is 12.4. The predicted octanol–water partition coefficient (Wildman–Crippen LogP) is 4.05. The molecule has 39 heavy (non-hydrogen) atoms.